The smallest absolute Gasteiger partial charge is 0.192 e. The van der Waals surface area contributed by atoms with E-state index in [0.29, 0.717) is 12.7 Å². The third kappa shape index (κ3) is 4.50. The Kier molecular flexibility index (Phi) is 6.95. The fourth-order valence-electron chi connectivity index (χ4n) is 4.06. The highest BCUT2D eigenvalue weighted by Crippen LogP contribution is 2.54. The fraction of sp³-hybridized carbons (Fsp3) is 0.810. The van der Waals surface area contributed by atoms with Crippen LogP contribution in [-0.4, -0.2) is 46.1 Å². The molecule has 150 valence electrons. The SMILES string of the molecule is COCO[C@H]1CC[C@@H]2C=C(/C=C/CO)[C@H](O[Si](C)(C)C(C)(C)C)C[C@]12C. The molecule has 0 spiro atoms. The Morgan fingerprint density at radius 1 is 1.31 bits per heavy atom. The summed E-state index contributed by atoms with van der Waals surface area (Å²) < 4.78 is 18.0. The van der Waals surface area contributed by atoms with Gasteiger partial charge in [0.25, 0.3) is 0 Å². The van der Waals surface area contributed by atoms with Gasteiger partial charge in [0.05, 0.1) is 18.8 Å². The van der Waals surface area contributed by atoms with Gasteiger partial charge in [-0.3, -0.25) is 0 Å². The Morgan fingerprint density at radius 3 is 2.58 bits per heavy atom. The molecule has 0 amide bonds. The molecule has 2 aliphatic rings. The Morgan fingerprint density at radius 2 is 2.00 bits per heavy atom. The van der Waals surface area contributed by atoms with E-state index in [-0.39, 0.29) is 29.3 Å². The first-order valence-electron chi connectivity index (χ1n) is 9.82. The number of hydrogen-bond acceptors (Lipinski definition) is 4. The number of methoxy groups -OCH3 is 1. The van der Waals surface area contributed by atoms with E-state index in [9.17, 15) is 5.11 Å². The Labute approximate surface area is 160 Å². The molecule has 0 aliphatic heterocycles. The quantitative estimate of drug-likeness (QED) is 0.514. The molecule has 5 heteroatoms. The first-order valence-corrected chi connectivity index (χ1v) is 12.7. The summed E-state index contributed by atoms with van der Waals surface area (Å²) in [5, 5.41) is 9.41. The van der Waals surface area contributed by atoms with Crippen molar-refractivity contribution in [3.8, 4) is 0 Å². The molecule has 1 fully saturated rings. The largest absolute Gasteiger partial charge is 0.410 e. The lowest BCUT2D eigenvalue weighted by Gasteiger charge is -2.46. The third-order valence-electron chi connectivity index (χ3n) is 6.76. The van der Waals surface area contributed by atoms with E-state index in [1.54, 1.807) is 7.11 Å². The lowest BCUT2D eigenvalue weighted by Crippen LogP contribution is -2.48. The molecule has 1 N–H and O–H groups in total. The van der Waals surface area contributed by atoms with Gasteiger partial charge in [-0.15, -0.1) is 0 Å². The Hall–Kier alpha value is -0.463. The summed E-state index contributed by atoms with van der Waals surface area (Å²) in [4.78, 5) is 0. The minimum atomic E-state index is -1.90. The molecule has 0 heterocycles. The van der Waals surface area contributed by atoms with Gasteiger partial charge in [0.2, 0.25) is 0 Å². The molecule has 1 saturated carbocycles. The summed E-state index contributed by atoms with van der Waals surface area (Å²) in [6, 6.07) is 0. The van der Waals surface area contributed by atoms with Crippen LogP contribution in [0.15, 0.2) is 23.8 Å². The summed E-state index contributed by atoms with van der Waals surface area (Å²) in [5.74, 6) is 0.488. The summed E-state index contributed by atoms with van der Waals surface area (Å²) >= 11 is 0. The van der Waals surface area contributed by atoms with E-state index in [0.717, 1.165) is 19.3 Å². The van der Waals surface area contributed by atoms with Gasteiger partial charge in [-0.1, -0.05) is 45.9 Å². The van der Waals surface area contributed by atoms with Gasteiger partial charge in [0, 0.05) is 12.5 Å². The van der Waals surface area contributed by atoms with Crippen LogP contribution in [0.3, 0.4) is 0 Å². The topological polar surface area (TPSA) is 47.9 Å². The standard InChI is InChI=1S/C21H38O4Si/c1-20(2,3)26(6,7)25-18-14-21(4)17(13-16(18)9-8-12-22)10-11-19(21)24-15-23-5/h8-9,13,17-19,22H,10-12,14-15H2,1-7H3/b9-8+/t17-,18-,19+,21+/m1/s1. The molecule has 0 saturated heterocycles. The molecular weight excluding hydrogens is 344 g/mol. The number of allylic oxidation sites excluding steroid dienone is 1. The molecule has 0 bridgehead atoms. The van der Waals surface area contributed by atoms with Crippen molar-refractivity contribution in [2.75, 3.05) is 20.5 Å². The van der Waals surface area contributed by atoms with E-state index >= 15 is 0 Å². The van der Waals surface area contributed by atoms with E-state index in [4.69, 9.17) is 13.9 Å². The molecule has 0 radical (unpaired) electrons. The van der Waals surface area contributed by atoms with Crippen LogP contribution < -0.4 is 0 Å². The van der Waals surface area contributed by atoms with Crippen LogP contribution in [0.25, 0.3) is 0 Å². The van der Waals surface area contributed by atoms with Crippen LogP contribution in [0.2, 0.25) is 18.1 Å². The Bertz CT molecular complexity index is 535. The van der Waals surface area contributed by atoms with Gasteiger partial charge in [0.1, 0.15) is 6.79 Å². The van der Waals surface area contributed by atoms with Crippen LogP contribution in [0.4, 0.5) is 0 Å². The second-order valence-electron chi connectivity index (χ2n) is 9.57. The lowest BCUT2D eigenvalue weighted by atomic mass is 9.68. The van der Waals surface area contributed by atoms with Crippen molar-refractivity contribution in [2.24, 2.45) is 11.3 Å². The number of fused-ring (bicyclic) bond motifs is 1. The number of ether oxygens (including phenoxy) is 2. The molecule has 0 aromatic rings. The predicted molar refractivity (Wildman–Crippen MR) is 109 cm³/mol. The molecule has 2 rings (SSSR count). The number of aliphatic hydroxyl groups is 1. The second-order valence-corrected chi connectivity index (χ2v) is 14.3. The molecule has 2 aliphatic carbocycles. The number of hydrogen-bond donors (Lipinski definition) is 1. The molecule has 4 nitrogen and oxygen atoms in total. The average molecular weight is 383 g/mol. The minimum Gasteiger partial charge on any atom is -0.410 e. The first kappa shape index (κ1) is 21.8. The van der Waals surface area contributed by atoms with Crippen molar-refractivity contribution in [1.82, 2.24) is 0 Å². The maximum atomic E-state index is 9.24. The first-order chi connectivity index (χ1) is 12.0. The van der Waals surface area contributed by atoms with Crippen molar-refractivity contribution >= 4 is 8.32 Å². The predicted octanol–water partition coefficient (Wildman–Crippen LogP) is 4.66. The van der Waals surface area contributed by atoms with E-state index in [1.165, 1.54) is 5.57 Å². The van der Waals surface area contributed by atoms with Gasteiger partial charge < -0.3 is 19.0 Å². The highest BCUT2D eigenvalue weighted by atomic mass is 28.4. The molecule has 26 heavy (non-hydrogen) atoms. The van der Waals surface area contributed by atoms with Crippen LogP contribution in [0, 0.1) is 11.3 Å². The molecule has 0 aromatic heterocycles. The van der Waals surface area contributed by atoms with Crippen molar-refractivity contribution in [1.29, 1.82) is 0 Å². The molecule has 0 aromatic carbocycles. The van der Waals surface area contributed by atoms with Crippen LogP contribution >= 0.6 is 0 Å². The normalized spacial score (nSPS) is 32.8. The Balaban J connectivity index is 2.30. The summed E-state index contributed by atoms with van der Waals surface area (Å²) in [5.41, 5.74) is 1.29. The van der Waals surface area contributed by atoms with E-state index in [1.807, 2.05) is 6.08 Å². The van der Waals surface area contributed by atoms with E-state index in [2.05, 4.69) is 52.9 Å². The maximum Gasteiger partial charge on any atom is 0.192 e. The van der Waals surface area contributed by atoms with Crippen LogP contribution in [0.1, 0.15) is 47.0 Å². The van der Waals surface area contributed by atoms with Crippen molar-refractivity contribution in [3.63, 3.8) is 0 Å². The summed E-state index contributed by atoms with van der Waals surface area (Å²) in [6.45, 7) is 14.2. The van der Waals surface area contributed by atoms with Gasteiger partial charge in [0.15, 0.2) is 8.32 Å². The van der Waals surface area contributed by atoms with Crippen molar-refractivity contribution < 1.29 is 19.0 Å². The molecule has 4 atom stereocenters. The lowest BCUT2D eigenvalue weighted by molar-refractivity contribution is -0.116. The highest BCUT2D eigenvalue weighted by molar-refractivity contribution is 6.74. The zero-order valence-electron chi connectivity index (χ0n) is 17.7. The summed E-state index contributed by atoms with van der Waals surface area (Å²) in [7, 11) is -0.223. The monoisotopic (exact) mass is 382 g/mol. The van der Waals surface area contributed by atoms with Crippen molar-refractivity contribution in [3.05, 3.63) is 23.8 Å². The van der Waals surface area contributed by atoms with E-state index < -0.39 is 8.32 Å². The number of rotatable bonds is 7. The third-order valence-corrected chi connectivity index (χ3v) is 11.2. The molecular formula is C21H38O4Si. The summed E-state index contributed by atoms with van der Waals surface area (Å²) in [6.07, 6.45) is 9.68. The maximum absolute atomic E-state index is 9.24. The van der Waals surface area contributed by atoms with Crippen molar-refractivity contribution in [2.45, 2.75) is 77.3 Å². The van der Waals surface area contributed by atoms with Gasteiger partial charge in [-0.2, -0.15) is 0 Å². The second kappa shape index (κ2) is 8.27. The zero-order valence-corrected chi connectivity index (χ0v) is 18.7. The highest BCUT2D eigenvalue weighted by Gasteiger charge is 2.52. The van der Waals surface area contributed by atoms with Gasteiger partial charge >= 0.3 is 0 Å². The fourth-order valence-corrected chi connectivity index (χ4v) is 5.34. The number of aliphatic hydroxyl groups excluding tert-OH is 1. The van der Waals surface area contributed by atoms with Crippen LogP contribution in [-0.2, 0) is 13.9 Å². The van der Waals surface area contributed by atoms with Gasteiger partial charge in [-0.05, 0) is 48.9 Å². The average Bonchev–Trinajstić information content (AvgIpc) is 2.84. The zero-order chi connectivity index (χ0) is 19.6. The minimum absolute atomic E-state index is 0.0612. The van der Waals surface area contributed by atoms with Crippen LogP contribution in [0.5, 0.6) is 0 Å². The van der Waals surface area contributed by atoms with Gasteiger partial charge in [-0.25, -0.2) is 0 Å². The molecule has 0 unspecified atom stereocenters.